The molecule has 2 rings (SSSR count). The van der Waals surface area contributed by atoms with Crippen molar-refractivity contribution in [2.45, 2.75) is 19.9 Å². The fourth-order valence-corrected chi connectivity index (χ4v) is 2.55. The SMILES string of the molecule is CCOc1ccc(CNCCc2ccccc2OC)cc1Cl.Cl. The molecule has 0 fully saturated rings. The first kappa shape index (κ1) is 19.6. The zero-order chi connectivity index (χ0) is 15.8. The van der Waals surface area contributed by atoms with Crippen LogP contribution in [0.2, 0.25) is 5.02 Å². The minimum absolute atomic E-state index is 0. The van der Waals surface area contributed by atoms with Gasteiger partial charge in [-0.2, -0.15) is 0 Å². The molecule has 0 aliphatic carbocycles. The van der Waals surface area contributed by atoms with E-state index >= 15 is 0 Å². The Bertz CT molecular complexity index is 605. The molecule has 0 saturated carbocycles. The second kappa shape index (κ2) is 10.4. The van der Waals surface area contributed by atoms with Crippen LogP contribution in [0.5, 0.6) is 11.5 Å². The maximum Gasteiger partial charge on any atom is 0.137 e. The summed E-state index contributed by atoms with van der Waals surface area (Å²) in [6, 6.07) is 14.0. The van der Waals surface area contributed by atoms with Crippen molar-refractivity contribution in [3.63, 3.8) is 0 Å². The van der Waals surface area contributed by atoms with Crippen molar-refractivity contribution in [3.8, 4) is 11.5 Å². The third kappa shape index (κ3) is 5.94. The third-order valence-electron chi connectivity index (χ3n) is 3.39. The van der Waals surface area contributed by atoms with Crippen molar-refractivity contribution in [1.82, 2.24) is 5.32 Å². The molecule has 0 aromatic heterocycles. The van der Waals surface area contributed by atoms with Crippen LogP contribution in [0.25, 0.3) is 0 Å². The Morgan fingerprint density at radius 2 is 1.87 bits per heavy atom. The molecule has 0 radical (unpaired) electrons. The van der Waals surface area contributed by atoms with Crippen LogP contribution in [-0.4, -0.2) is 20.3 Å². The summed E-state index contributed by atoms with van der Waals surface area (Å²) in [5, 5.41) is 4.08. The fourth-order valence-electron chi connectivity index (χ4n) is 2.29. The molecule has 5 heteroatoms. The molecule has 0 spiro atoms. The fraction of sp³-hybridized carbons (Fsp3) is 0.333. The molecule has 2 aromatic rings. The van der Waals surface area contributed by atoms with Gasteiger partial charge < -0.3 is 14.8 Å². The van der Waals surface area contributed by atoms with Gasteiger partial charge in [0.2, 0.25) is 0 Å². The van der Waals surface area contributed by atoms with Crippen molar-refractivity contribution in [1.29, 1.82) is 0 Å². The van der Waals surface area contributed by atoms with Gasteiger partial charge in [0, 0.05) is 6.54 Å². The van der Waals surface area contributed by atoms with Crippen molar-refractivity contribution in [2.24, 2.45) is 0 Å². The normalized spacial score (nSPS) is 10.0. The summed E-state index contributed by atoms with van der Waals surface area (Å²) < 4.78 is 10.8. The number of nitrogens with one attached hydrogen (secondary N) is 1. The van der Waals surface area contributed by atoms with E-state index in [4.69, 9.17) is 21.1 Å². The van der Waals surface area contributed by atoms with Crippen molar-refractivity contribution >= 4 is 24.0 Å². The number of halogens is 2. The van der Waals surface area contributed by atoms with Gasteiger partial charge in [0.05, 0.1) is 18.7 Å². The van der Waals surface area contributed by atoms with E-state index in [1.54, 1.807) is 7.11 Å². The summed E-state index contributed by atoms with van der Waals surface area (Å²) in [7, 11) is 1.70. The summed E-state index contributed by atoms with van der Waals surface area (Å²) in [5.74, 6) is 1.68. The van der Waals surface area contributed by atoms with Gasteiger partial charge in [0.25, 0.3) is 0 Å². The van der Waals surface area contributed by atoms with Crippen LogP contribution >= 0.6 is 24.0 Å². The van der Waals surface area contributed by atoms with Gasteiger partial charge in [-0.1, -0.05) is 35.9 Å². The molecular formula is C18H23Cl2NO2. The average Bonchev–Trinajstić information content (AvgIpc) is 2.54. The van der Waals surface area contributed by atoms with E-state index in [-0.39, 0.29) is 12.4 Å². The topological polar surface area (TPSA) is 30.5 Å². The predicted molar refractivity (Wildman–Crippen MR) is 98.3 cm³/mol. The Hall–Kier alpha value is -1.42. The van der Waals surface area contributed by atoms with Crippen molar-refractivity contribution in [2.75, 3.05) is 20.3 Å². The first-order chi connectivity index (χ1) is 10.7. The molecular weight excluding hydrogens is 333 g/mol. The van der Waals surface area contributed by atoms with Crippen LogP contribution in [-0.2, 0) is 13.0 Å². The van der Waals surface area contributed by atoms with Crippen LogP contribution in [0.15, 0.2) is 42.5 Å². The number of ether oxygens (including phenoxy) is 2. The van der Waals surface area contributed by atoms with E-state index in [0.29, 0.717) is 11.6 Å². The van der Waals surface area contributed by atoms with Crippen molar-refractivity contribution < 1.29 is 9.47 Å². The Kier molecular flexibility index (Phi) is 8.85. The lowest BCUT2D eigenvalue weighted by molar-refractivity contribution is 0.340. The first-order valence-electron chi connectivity index (χ1n) is 7.48. The molecule has 0 amide bonds. The van der Waals surface area contributed by atoms with Crippen molar-refractivity contribution in [3.05, 3.63) is 58.6 Å². The summed E-state index contributed by atoms with van der Waals surface area (Å²) in [6.45, 7) is 4.23. The van der Waals surface area contributed by atoms with Gasteiger partial charge in [0.1, 0.15) is 11.5 Å². The Labute approximate surface area is 149 Å². The first-order valence-corrected chi connectivity index (χ1v) is 7.86. The highest BCUT2D eigenvalue weighted by atomic mass is 35.5. The molecule has 23 heavy (non-hydrogen) atoms. The molecule has 3 nitrogen and oxygen atoms in total. The number of hydrogen-bond acceptors (Lipinski definition) is 3. The second-order valence-electron chi connectivity index (χ2n) is 4.94. The quantitative estimate of drug-likeness (QED) is 0.707. The molecule has 0 atom stereocenters. The Morgan fingerprint density at radius 1 is 1.09 bits per heavy atom. The van der Waals surface area contributed by atoms with Crippen LogP contribution in [0, 0.1) is 0 Å². The zero-order valence-electron chi connectivity index (χ0n) is 13.5. The molecule has 0 aliphatic heterocycles. The zero-order valence-corrected chi connectivity index (χ0v) is 15.0. The van der Waals surface area contributed by atoms with Gasteiger partial charge in [-0.15, -0.1) is 12.4 Å². The standard InChI is InChI=1S/C18H22ClNO2.ClH/c1-3-22-18-9-8-14(12-16(18)19)13-20-11-10-15-6-4-5-7-17(15)21-2;/h4-9,12,20H,3,10-11,13H2,1-2H3;1H. The highest BCUT2D eigenvalue weighted by molar-refractivity contribution is 6.32. The lowest BCUT2D eigenvalue weighted by atomic mass is 10.1. The molecule has 0 heterocycles. The second-order valence-corrected chi connectivity index (χ2v) is 5.34. The Balaban J connectivity index is 0.00000264. The molecule has 1 N–H and O–H groups in total. The van der Waals surface area contributed by atoms with Gasteiger partial charge >= 0.3 is 0 Å². The van der Waals surface area contributed by atoms with E-state index in [0.717, 1.165) is 36.6 Å². The number of rotatable bonds is 8. The maximum absolute atomic E-state index is 6.19. The maximum atomic E-state index is 6.19. The lowest BCUT2D eigenvalue weighted by Gasteiger charge is -2.10. The summed E-state index contributed by atoms with van der Waals surface area (Å²) in [6.07, 6.45) is 0.925. The monoisotopic (exact) mass is 355 g/mol. The van der Waals surface area contributed by atoms with Gasteiger partial charge in [-0.3, -0.25) is 0 Å². The Morgan fingerprint density at radius 3 is 2.57 bits per heavy atom. The molecule has 0 unspecified atom stereocenters. The largest absolute Gasteiger partial charge is 0.496 e. The molecule has 0 saturated heterocycles. The highest BCUT2D eigenvalue weighted by Crippen LogP contribution is 2.25. The summed E-state index contributed by atoms with van der Waals surface area (Å²) in [4.78, 5) is 0. The molecule has 126 valence electrons. The van der Waals surface area contributed by atoms with Crippen LogP contribution < -0.4 is 14.8 Å². The lowest BCUT2D eigenvalue weighted by Crippen LogP contribution is -2.17. The molecule has 0 bridgehead atoms. The van der Waals surface area contributed by atoms with E-state index in [2.05, 4.69) is 11.4 Å². The van der Waals surface area contributed by atoms with E-state index in [1.807, 2.05) is 43.3 Å². The van der Waals surface area contributed by atoms with Gasteiger partial charge in [-0.05, 0) is 49.2 Å². The van der Waals surface area contributed by atoms with Gasteiger partial charge in [0.15, 0.2) is 0 Å². The number of hydrogen-bond donors (Lipinski definition) is 1. The van der Waals surface area contributed by atoms with E-state index in [9.17, 15) is 0 Å². The molecule has 2 aromatic carbocycles. The van der Waals surface area contributed by atoms with Crippen LogP contribution in [0.1, 0.15) is 18.1 Å². The minimum atomic E-state index is 0. The average molecular weight is 356 g/mol. The molecule has 0 aliphatic rings. The van der Waals surface area contributed by atoms with E-state index in [1.165, 1.54) is 5.56 Å². The smallest absolute Gasteiger partial charge is 0.137 e. The number of para-hydroxylation sites is 1. The highest BCUT2D eigenvalue weighted by Gasteiger charge is 2.03. The number of benzene rings is 2. The summed E-state index contributed by atoms with van der Waals surface area (Å²) in [5.41, 5.74) is 2.36. The number of methoxy groups -OCH3 is 1. The van der Waals surface area contributed by atoms with Crippen LogP contribution in [0.3, 0.4) is 0 Å². The predicted octanol–water partition coefficient (Wildman–Crippen LogP) is 4.50. The minimum Gasteiger partial charge on any atom is -0.496 e. The third-order valence-corrected chi connectivity index (χ3v) is 3.68. The van der Waals surface area contributed by atoms with E-state index < -0.39 is 0 Å². The summed E-state index contributed by atoms with van der Waals surface area (Å²) >= 11 is 6.19. The van der Waals surface area contributed by atoms with Gasteiger partial charge in [-0.25, -0.2) is 0 Å². The van der Waals surface area contributed by atoms with Crippen LogP contribution in [0.4, 0.5) is 0 Å².